The molecule has 0 atom stereocenters. The molecular weight excluding hydrogens is 371 g/mol. The number of nitrogens with zero attached hydrogens (tertiary/aromatic N) is 6. The number of carbonyl (C=O) groups is 1. The van der Waals surface area contributed by atoms with Gasteiger partial charge < -0.3 is 9.47 Å². The fraction of sp³-hybridized carbons (Fsp3) is 0.214. The third-order valence-corrected chi connectivity index (χ3v) is 4.96. The van der Waals surface area contributed by atoms with Crippen LogP contribution in [-0.4, -0.2) is 41.5 Å². The van der Waals surface area contributed by atoms with Gasteiger partial charge in [-0.25, -0.2) is 4.98 Å². The Morgan fingerprint density at radius 2 is 2.08 bits per heavy atom. The summed E-state index contributed by atoms with van der Waals surface area (Å²) < 4.78 is 5.95. The predicted molar refractivity (Wildman–Crippen MR) is 90.1 cm³/mol. The molecule has 0 saturated heterocycles. The Balaban J connectivity index is 1.60. The molecule has 1 amide bonds. The van der Waals surface area contributed by atoms with Crippen LogP contribution in [0.3, 0.4) is 0 Å². The van der Waals surface area contributed by atoms with E-state index in [1.807, 2.05) is 4.57 Å². The van der Waals surface area contributed by atoms with Crippen LogP contribution in [-0.2, 0) is 13.1 Å². The molecule has 3 heterocycles. The number of rotatable bonds is 2. The van der Waals surface area contributed by atoms with E-state index < -0.39 is 0 Å². The number of amides is 1. The molecule has 1 aliphatic heterocycles. The normalized spacial score (nSPS) is 13.8. The average Bonchev–Trinajstić information content (AvgIpc) is 3.22. The van der Waals surface area contributed by atoms with E-state index in [2.05, 4.69) is 19.6 Å². The van der Waals surface area contributed by atoms with Crippen molar-refractivity contribution in [3.05, 3.63) is 46.0 Å². The minimum Gasteiger partial charge on any atom is -0.329 e. The SMILES string of the molecule is O=C(c1ccc(Cl)cc1Cl)N1CCn2c(nnc2-c2ncns2)C1. The summed E-state index contributed by atoms with van der Waals surface area (Å²) in [5.74, 6) is 1.25. The topological polar surface area (TPSA) is 76.8 Å². The number of carbonyl (C=O) groups excluding carboxylic acids is 1. The molecule has 0 aliphatic carbocycles. The van der Waals surface area contributed by atoms with Gasteiger partial charge in [0.2, 0.25) is 0 Å². The summed E-state index contributed by atoms with van der Waals surface area (Å²) in [7, 11) is 0. The van der Waals surface area contributed by atoms with Gasteiger partial charge in [-0.3, -0.25) is 4.79 Å². The van der Waals surface area contributed by atoms with Crippen LogP contribution in [0.1, 0.15) is 16.2 Å². The standard InChI is InChI=1S/C14H10Cl2N6OS/c15-8-1-2-9(10(16)5-8)14(23)21-3-4-22-11(6-21)19-20-12(22)13-17-7-18-24-13/h1-2,5,7H,3-4,6H2. The van der Waals surface area contributed by atoms with Crippen molar-refractivity contribution >= 4 is 40.6 Å². The summed E-state index contributed by atoms with van der Waals surface area (Å²) in [5.41, 5.74) is 0.429. The smallest absolute Gasteiger partial charge is 0.255 e. The third kappa shape index (κ3) is 2.66. The molecular formula is C14H10Cl2N6OS. The molecule has 0 unspecified atom stereocenters. The Labute approximate surface area is 151 Å². The monoisotopic (exact) mass is 380 g/mol. The maximum Gasteiger partial charge on any atom is 0.255 e. The van der Waals surface area contributed by atoms with Crippen molar-refractivity contribution in [1.82, 2.24) is 29.0 Å². The average molecular weight is 381 g/mol. The van der Waals surface area contributed by atoms with E-state index in [-0.39, 0.29) is 5.91 Å². The molecule has 0 radical (unpaired) electrons. The molecule has 0 bridgehead atoms. The summed E-state index contributed by atoms with van der Waals surface area (Å²) in [6, 6.07) is 4.86. The summed E-state index contributed by atoms with van der Waals surface area (Å²) in [4.78, 5) is 18.6. The van der Waals surface area contributed by atoms with Gasteiger partial charge in [-0.2, -0.15) is 4.37 Å². The molecule has 4 rings (SSSR count). The molecule has 24 heavy (non-hydrogen) atoms. The van der Waals surface area contributed by atoms with Crippen LogP contribution >= 0.6 is 34.7 Å². The molecule has 0 spiro atoms. The molecule has 10 heteroatoms. The second-order valence-corrected chi connectivity index (χ2v) is 6.81. The van der Waals surface area contributed by atoms with E-state index >= 15 is 0 Å². The van der Waals surface area contributed by atoms with Gasteiger partial charge in [0.1, 0.15) is 6.33 Å². The Bertz CT molecular complexity index is 910. The van der Waals surface area contributed by atoms with Gasteiger partial charge >= 0.3 is 0 Å². The van der Waals surface area contributed by atoms with Crippen molar-refractivity contribution in [2.75, 3.05) is 6.54 Å². The van der Waals surface area contributed by atoms with E-state index in [1.54, 1.807) is 23.1 Å². The van der Waals surface area contributed by atoms with E-state index in [1.165, 1.54) is 17.9 Å². The number of fused-ring (bicyclic) bond motifs is 1. The maximum atomic E-state index is 12.7. The Hall–Kier alpha value is -2.03. The number of aromatic nitrogens is 5. The largest absolute Gasteiger partial charge is 0.329 e. The zero-order chi connectivity index (χ0) is 16.7. The summed E-state index contributed by atoms with van der Waals surface area (Å²) in [6.45, 7) is 1.49. The zero-order valence-electron chi connectivity index (χ0n) is 12.2. The van der Waals surface area contributed by atoms with E-state index in [0.717, 1.165) is 0 Å². The van der Waals surface area contributed by atoms with Crippen molar-refractivity contribution in [2.24, 2.45) is 0 Å². The van der Waals surface area contributed by atoms with Crippen molar-refractivity contribution in [2.45, 2.75) is 13.1 Å². The second kappa shape index (κ2) is 6.12. The lowest BCUT2D eigenvalue weighted by Crippen LogP contribution is -2.38. The maximum absolute atomic E-state index is 12.7. The first-order chi connectivity index (χ1) is 11.6. The van der Waals surface area contributed by atoms with E-state index in [0.29, 0.717) is 51.9 Å². The molecule has 0 N–H and O–H groups in total. The van der Waals surface area contributed by atoms with Crippen LogP contribution in [0.25, 0.3) is 10.8 Å². The molecule has 1 aromatic carbocycles. The van der Waals surface area contributed by atoms with E-state index in [9.17, 15) is 4.79 Å². The first-order valence-corrected chi connectivity index (χ1v) is 8.60. The highest BCUT2D eigenvalue weighted by atomic mass is 35.5. The minimum absolute atomic E-state index is 0.150. The molecule has 122 valence electrons. The highest BCUT2D eigenvalue weighted by Crippen LogP contribution is 2.26. The lowest BCUT2D eigenvalue weighted by molar-refractivity contribution is 0.0708. The molecule has 3 aromatic rings. The summed E-state index contributed by atoms with van der Waals surface area (Å²) >= 11 is 13.3. The second-order valence-electron chi connectivity index (χ2n) is 5.19. The summed E-state index contributed by atoms with van der Waals surface area (Å²) in [5, 5.41) is 9.91. The van der Waals surface area contributed by atoms with Crippen LogP contribution < -0.4 is 0 Å². The third-order valence-electron chi connectivity index (χ3n) is 3.75. The molecule has 0 fully saturated rings. The fourth-order valence-electron chi connectivity index (χ4n) is 2.59. The highest BCUT2D eigenvalue weighted by molar-refractivity contribution is 7.08. The van der Waals surface area contributed by atoms with E-state index in [4.69, 9.17) is 23.2 Å². The van der Waals surface area contributed by atoms with Gasteiger partial charge in [0.25, 0.3) is 5.91 Å². The Morgan fingerprint density at radius 1 is 1.21 bits per heavy atom. The minimum atomic E-state index is -0.150. The van der Waals surface area contributed by atoms with Crippen LogP contribution in [0.15, 0.2) is 24.5 Å². The zero-order valence-corrected chi connectivity index (χ0v) is 14.5. The predicted octanol–water partition coefficient (Wildman–Crippen LogP) is 2.76. The van der Waals surface area contributed by atoms with Crippen LogP contribution in [0.2, 0.25) is 10.0 Å². The Morgan fingerprint density at radius 3 is 2.83 bits per heavy atom. The van der Waals surface area contributed by atoms with Crippen molar-refractivity contribution < 1.29 is 4.79 Å². The van der Waals surface area contributed by atoms with Gasteiger partial charge in [-0.05, 0) is 29.7 Å². The first kappa shape index (κ1) is 15.5. The van der Waals surface area contributed by atoms with Crippen LogP contribution in [0.4, 0.5) is 0 Å². The van der Waals surface area contributed by atoms with Crippen molar-refractivity contribution in [3.63, 3.8) is 0 Å². The number of halogens is 2. The molecule has 2 aromatic heterocycles. The number of hydrogen-bond acceptors (Lipinski definition) is 6. The van der Waals surface area contributed by atoms with Crippen LogP contribution in [0, 0.1) is 0 Å². The van der Waals surface area contributed by atoms with Gasteiger partial charge in [-0.15, -0.1) is 10.2 Å². The molecule has 7 nitrogen and oxygen atoms in total. The Kier molecular flexibility index (Phi) is 3.95. The lowest BCUT2D eigenvalue weighted by Gasteiger charge is -2.28. The van der Waals surface area contributed by atoms with Gasteiger partial charge in [0.15, 0.2) is 16.7 Å². The van der Waals surface area contributed by atoms with Crippen LogP contribution in [0.5, 0.6) is 0 Å². The summed E-state index contributed by atoms with van der Waals surface area (Å²) in [6.07, 6.45) is 1.49. The lowest BCUT2D eigenvalue weighted by atomic mass is 10.2. The van der Waals surface area contributed by atoms with Gasteiger partial charge in [0, 0.05) is 18.1 Å². The fourth-order valence-corrected chi connectivity index (χ4v) is 3.60. The van der Waals surface area contributed by atoms with Crippen molar-refractivity contribution in [3.8, 4) is 10.8 Å². The van der Waals surface area contributed by atoms with Crippen molar-refractivity contribution in [1.29, 1.82) is 0 Å². The number of benzene rings is 1. The molecule has 0 saturated carbocycles. The molecule has 1 aliphatic rings. The highest BCUT2D eigenvalue weighted by Gasteiger charge is 2.27. The van der Waals surface area contributed by atoms with Gasteiger partial charge in [0.05, 0.1) is 17.1 Å². The number of hydrogen-bond donors (Lipinski definition) is 0. The van der Waals surface area contributed by atoms with Gasteiger partial charge in [-0.1, -0.05) is 23.2 Å². The quantitative estimate of drug-likeness (QED) is 0.682. The first-order valence-electron chi connectivity index (χ1n) is 7.07.